The molecule has 2 N–H and O–H groups in total. The molecular weight excluding hydrogens is 314 g/mol. The highest BCUT2D eigenvalue weighted by Crippen LogP contribution is 2.22. The van der Waals surface area contributed by atoms with Crippen molar-refractivity contribution in [3.05, 3.63) is 28.2 Å². The number of nitrogens with one attached hydrogen (secondary N) is 1. The highest BCUT2D eigenvalue weighted by Gasteiger charge is 2.17. The maximum Gasteiger partial charge on any atom is 0.305 e. The molecule has 19 heavy (non-hydrogen) atoms. The molecule has 0 spiro atoms. The normalized spacial score (nSPS) is 11.7. The average molecular weight is 330 g/mol. The first kappa shape index (κ1) is 15.5. The molecule has 0 radical (unpaired) electrons. The van der Waals surface area contributed by atoms with Gasteiger partial charge >= 0.3 is 5.97 Å². The molecular formula is C13H16BrNO4. The predicted octanol–water partition coefficient (Wildman–Crippen LogP) is 2.44. The lowest BCUT2D eigenvalue weighted by Crippen LogP contribution is -2.36. The standard InChI is InChI=1S/C13H16BrNO4/c1-3-8(6-12(16)17)15-13(18)10-7-9(19-2)4-5-11(10)14/h4-5,7-8H,3,6H2,1-2H3,(H,15,18)(H,16,17). The van der Waals surface area contributed by atoms with Gasteiger partial charge < -0.3 is 15.2 Å². The molecule has 0 aliphatic rings. The van der Waals surface area contributed by atoms with E-state index >= 15 is 0 Å². The van der Waals surface area contributed by atoms with Gasteiger partial charge in [-0.05, 0) is 40.5 Å². The molecule has 1 rings (SSSR count). The van der Waals surface area contributed by atoms with Crippen molar-refractivity contribution in [3.8, 4) is 5.75 Å². The van der Waals surface area contributed by atoms with Gasteiger partial charge in [-0.25, -0.2) is 0 Å². The Morgan fingerprint density at radius 3 is 2.68 bits per heavy atom. The lowest BCUT2D eigenvalue weighted by molar-refractivity contribution is -0.137. The number of carboxylic acid groups (broad SMARTS) is 1. The van der Waals surface area contributed by atoms with Crippen LogP contribution in [0.2, 0.25) is 0 Å². The largest absolute Gasteiger partial charge is 0.497 e. The van der Waals surface area contributed by atoms with E-state index in [1.165, 1.54) is 7.11 Å². The van der Waals surface area contributed by atoms with Gasteiger partial charge in [0.05, 0.1) is 19.1 Å². The summed E-state index contributed by atoms with van der Waals surface area (Å²) in [6.07, 6.45) is 0.462. The number of halogens is 1. The zero-order valence-electron chi connectivity index (χ0n) is 10.8. The second kappa shape index (κ2) is 7.13. The molecule has 6 heteroatoms. The third-order valence-corrected chi connectivity index (χ3v) is 3.36. The molecule has 1 amide bonds. The van der Waals surface area contributed by atoms with Gasteiger partial charge in [0.1, 0.15) is 5.75 Å². The van der Waals surface area contributed by atoms with Crippen LogP contribution in [0, 0.1) is 0 Å². The number of amides is 1. The highest BCUT2D eigenvalue weighted by molar-refractivity contribution is 9.10. The number of methoxy groups -OCH3 is 1. The van der Waals surface area contributed by atoms with E-state index in [0.29, 0.717) is 22.2 Å². The predicted molar refractivity (Wildman–Crippen MR) is 74.5 cm³/mol. The lowest BCUT2D eigenvalue weighted by atomic mass is 10.1. The number of aliphatic carboxylic acids is 1. The summed E-state index contributed by atoms with van der Waals surface area (Å²) in [4.78, 5) is 22.8. The summed E-state index contributed by atoms with van der Waals surface area (Å²) in [5.74, 6) is -0.685. The van der Waals surface area contributed by atoms with Gasteiger partial charge in [-0.2, -0.15) is 0 Å². The number of carbonyl (C=O) groups is 2. The molecule has 0 fully saturated rings. The summed E-state index contributed by atoms with van der Waals surface area (Å²) in [6.45, 7) is 1.83. The van der Waals surface area contributed by atoms with Crippen LogP contribution in [0.1, 0.15) is 30.1 Å². The Labute approximate surface area is 120 Å². The van der Waals surface area contributed by atoms with Gasteiger partial charge in [0, 0.05) is 10.5 Å². The van der Waals surface area contributed by atoms with Gasteiger partial charge in [-0.1, -0.05) is 6.92 Å². The second-order valence-corrected chi connectivity index (χ2v) is 4.88. The molecule has 0 aromatic heterocycles. The summed E-state index contributed by atoms with van der Waals surface area (Å²) in [7, 11) is 1.52. The summed E-state index contributed by atoms with van der Waals surface area (Å²) < 4.78 is 5.70. The van der Waals surface area contributed by atoms with Gasteiger partial charge in [-0.3, -0.25) is 9.59 Å². The Balaban J connectivity index is 2.84. The van der Waals surface area contributed by atoms with E-state index in [0.717, 1.165) is 0 Å². The number of hydrogen-bond acceptors (Lipinski definition) is 3. The number of ether oxygens (including phenoxy) is 1. The molecule has 1 atom stereocenters. The molecule has 0 heterocycles. The maximum atomic E-state index is 12.1. The topological polar surface area (TPSA) is 75.6 Å². The Morgan fingerprint density at radius 1 is 1.47 bits per heavy atom. The molecule has 0 aliphatic heterocycles. The van der Waals surface area contributed by atoms with Crippen molar-refractivity contribution >= 4 is 27.8 Å². The Kier molecular flexibility index (Phi) is 5.82. The molecule has 1 aromatic rings. The lowest BCUT2D eigenvalue weighted by Gasteiger charge is -2.15. The van der Waals surface area contributed by atoms with E-state index in [1.54, 1.807) is 18.2 Å². The SMILES string of the molecule is CCC(CC(=O)O)NC(=O)c1cc(OC)ccc1Br. The van der Waals surface area contributed by atoms with Crippen LogP contribution in [0.15, 0.2) is 22.7 Å². The van der Waals surface area contributed by atoms with Crippen LogP contribution >= 0.6 is 15.9 Å². The molecule has 0 saturated carbocycles. The van der Waals surface area contributed by atoms with Crippen LogP contribution in [-0.2, 0) is 4.79 Å². The Hall–Kier alpha value is -1.56. The van der Waals surface area contributed by atoms with Gasteiger partial charge in [0.2, 0.25) is 0 Å². The van der Waals surface area contributed by atoms with Crippen LogP contribution < -0.4 is 10.1 Å². The van der Waals surface area contributed by atoms with Crippen LogP contribution in [0.5, 0.6) is 5.75 Å². The molecule has 0 bridgehead atoms. The summed E-state index contributed by atoms with van der Waals surface area (Å²) in [6, 6.07) is 4.66. The minimum Gasteiger partial charge on any atom is -0.497 e. The molecule has 0 aliphatic carbocycles. The van der Waals surface area contributed by atoms with E-state index in [4.69, 9.17) is 9.84 Å². The fourth-order valence-electron chi connectivity index (χ4n) is 1.58. The van der Waals surface area contributed by atoms with E-state index in [2.05, 4.69) is 21.2 Å². The summed E-state index contributed by atoms with van der Waals surface area (Å²) in [5, 5.41) is 11.5. The summed E-state index contributed by atoms with van der Waals surface area (Å²) >= 11 is 3.29. The minimum absolute atomic E-state index is 0.0934. The van der Waals surface area contributed by atoms with Crippen molar-refractivity contribution in [2.45, 2.75) is 25.8 Å². The monoisotopic (exact) mass is 329 g/mol. The van der Waals surface area contributed by atoms with Crippen LogP contribution in [0.25, 0.3) is 0 Å². The third kappa shape index (κ3) is 4.55. The number of rotatable bonds is 6. The molecule has 0 saturated heterocycles. The molecule has 5 nitrogen and oxygen atoms in total. The average Bonchev–Trinajstić information content (AvgIpc) is 2.37. The van der Waals surface area contributed by atoms with Crippen molar-refractivity contribution in [3.63, 3.8) is 0 Å². The quantitative estimate of drug-likeness (QED) is 0.840. The highest BCUT2D eigenvalue weighted by atomic mass is 79.9. The Morgan fingerprint density at radius 2 is 2.16 bits per heavy atom. The van der Waals surface area contributed by atoms with Gasteiger partial charge in [0.15, 0.2) is 0 Å². The molecule has 1 aromatic carbocycles. The summed E-state index contributed by atoms with van der Waals surface area (Å²) in [5.41, 5.74) is 0.420. The van der Waals surface area contributed by atoms with Crippen molar-refractivity contribution in [2.75, 3.05) is 7.11 Å². The van der Waals surface area contributed by atoms with Crippen molar-refractivity contribution in [1.82, 2.24) is 5.32 Å². The smallest absolute Gasteiger partial charge is 0.305 e. The zero-order chi connectivity index (χ0) is 14.4. The minimum atomic E-state index is -0.933. The third-order valence-electron chi connectivity index (χ3n) is 2.67. The van der Waals surface area contributed by atoms with Crippen LogP contribution in [0.4, 0.5) is 0 Å². The van der Waals surface area contributed by atoms with E-state index in [1.807, 2.05) is 6.92 Å². The van der Waals surface area contributed by atoms with Crippen molar-refractivity contribution in [2.24, 2.45) is 0 Å². The van der Waals surface area contributed by atoms with Gasteiger partial charge in [0.25, 0.3) is 5.91 Å². The fourth-order valence-corrected chi connectivity index (χ4v) is 2.00. The fraction of sp³-hybridized carbons (Fsp3) is 0.385. The maximum absolute atomic E-state index is 12.1. The van der Waals surface area contributed by atoms with E-state index < -0.39 is 5.97 Å². The second-order valence-electron chi connectivity index (χ2n) is 4.02. The first-order valence-corrected chi connectivity index (χ1v) is 6.63. The molecule has 104 valence electrons. The Bertz CT molecular complexity index is 476. The van der Waals surface area contributed by atoms with Crippen molar-refractivity contribution in [1.29, 1.82) is 0 Å². The van der Waals surface area contributed by atoms with Crippen molar-refractivity contribution < 1.29 is 19.4 Å². The van der Waals surface area contributed by atoms with Crippen LogP contribution in [0.3, 0.4) is 0 Å². The number of benzene rings is 1. The number of carbonyl (C=O) groups excluding carboxylic acids is 1. The van der Waals surface area contributed by atoms with Gasteiger partial charge in [-0.15, -0.1) is 0 Å². The number of carboxylic acids is 1. The number of hydrogen-bond donors (Lipinski definition) is 2. The van der Waals surface area contributed by atoms with E-state index in [9.17, 15) is 9.59 Å². The molecule has 1 unspecified atom stereocenters. The zero-order valence-corrected chi connectivity index (χ0v) is 12.4. The first-order valence-electron chi connectivity index (χ1n) is 5.84. The van der Waals surface area contributed by atoms with Crippen LogP contribution in [-0.4, -0.2) is 30.1 Å². The first-order chi connectivity index (χ1) is 8.97. The van der Waals surface area contributed by atoms with E-state index in [-0.39, 0.29) is 18.4 Å².